The molecule has 0 radical (unpaired) electrons. The highest BCUT2D eigenvalue weighted by molar-refractivity contribution is 9.10. The lowest BCUT2D eigenvalue weighted by Gasteiger charge is -2.06. The molecular weight excluding hydrogens is 233 g/mol. The van der Waals surface area contributed by atoms with E-state index < -0.39 is 0 Å². The van der Waals surface area contributed by atoms with E-state index >= 15 is 0 Å². The average Bonchev–Trinajstić information content (AvgIpc) is 2.88. The monoisotopic (exact) mass is 243 g/mol. The smallest absolute Gasteiger partial charge is 0.149 e. The van der Waals surface area contributed by atoms with E-state index in [-0.39, 0.29) is 5.82 Å². The van der Waals surface area contributed by atoms with E-state index in [1.54, 1.807) is 6.20 Å². The lowest BCUT2D eigenvalue weighted by Crippen LogP contribution is -1.99. The van der Waals surface area contributed by atoms with E-state index in [2.05, 4.69) is 20.9 Å². The maximum absolute atomic E-state index is 13.7. The second-order valence-electron chi connectivity index (χ2n) is 3.41. The standard InChI is InChI=1S/C10H11BrFN/c1-2-7-8(11)5-13-10(9(7)12)6-3-4-6/h5-6H,2-4H2,1H3. The first-order valence-electron chi connectivity index (χ1n) is 4.56. The highest BCUT2D eigenvalue weighted by Crippen LogP contribution is 2.41. The summed E-state index contributed by atoms with van der Waals surface area (Å²) >= 11 is 3.31. The molecule has 0 N–H and O–H groups in total. The number of pyridine rings is 1. The molecular formula is C10H11BrFN. The highest BCUT2D eigenvalue weighted by atomic mass is 79.9. The molecule has 1 aliphatic carbocycles. The Labute approximate surface area is 85.5 Å². The van der Waals surface area contributed by atoms with Crippen molar-refractivity contribution < 1.29 is 4.39 Å². The molecule has 0 aromatic carbocycles. The first-order valence-corrected chi connectivity index (χ1v) is 5.36. The molecule has 1 aliphatic rings. The van der Waals surface area contributed by atoms with Crippen LogP contribution in [0.5, 0.6) is 0 Å². The SMILES string of the molecule is CCc1c(Br)cnc(C2CC2)c1F. The first kappa shape index (κ1) is 9.13. The third-order valence-corrected chi connectivity index (χ3v) is 3.10. The molecule has 0 spiro atoms. The Bertz CT molecular complexity index is 334. The molecule has 1 aromatic rings. The number of halogens is 2. The molecule has 1 saturated carbocycles. The van der Waals surface area contributed by atoms with Crippen molar-refractivity contribution >= 4 is 15.9 Å². The molecule has 1 nitrogen and oxygen atoms in total. The fourth-order valence-corrected chi connectivity index (χ4v) is 2.04. The van der Waals surface area contributed by atoms with E-state index in [1.807, 2.05) is 6.92 Å². The molecule has 0 unspecified atom stereocenters. The average molecular weight is 244 g/mol. The molecule has 0 aliphatic heterocycles. The maximum atomic E-state index is 13.7. The predicted octanol–water partition coefficient (Wildman–Crippen LogP) is 3.42. The van der Waals surface area contributed by atoms with Gasteiger partial charge in [0.1, 0.15) is 5.82 Å². The minimum absolute atomic E-state index is 0.0978. The number of aromatic nitrogens is 1. The van der Waals surface area contributed by atoms with Gasteiger partial charge in [-0.3, -0.25) is 4.98 Å². The van der Waals surface area contributed by atoms with Gasteiger partial charge < -0.3 is 0 Å². The third-order valence-electron chi connectivity index (χ3n) is 2.41. The summed E-state index contributed by atoms with van der Waals surface area (Å²) in [4.78, 5) is 4.13. The number of nitrogens with zero attached hydrogens (tertiary/aromatic N) is 1. The Morgan fingerprint density at radius 1 is 1.62 bits per heavy atom. The fourth-order valence-electron chi connectivity index (χ4n) is 1.49. The molecule has 1 fully saturated rings. The van der Waals surface area contributed by atoms with Crippen molar-refractivity contribution in [1.82, 2.24) is 4.98 Å². The number of hydrogen-bond donors (Lipinski definition) is 0. The third kappa shape index (κ3) is 1.62. The van der Waals surface area contributed by atoms with Gasteiger partial charge in [0.15, 0.2) is 0 Å². The lowest BCUT2D eigenvalue weighted by atomic mass is 10.1. The Morgan fingerprint density at radius 3 is 2.85 bits per heavy atom. The van der Waals surface area contributed by atoms with E-state index in [4.69, 9.17) is 0 Å². The Balaban J connectivity index is 2.47. The topological polar surface area (TPSA) is 12.9 Å². The largest absolute Gasteiger partial charge is 0.257 e. The van der Waals surface area contributed by atoms with Crippen LogP contribution in [0.3, 0.4) is 0 Å². The van der Waals surface area contributed by atoms with Crippen molar-refractivity contribution in [2.75, 3.05) is 0 Å². The van der Waals surface area contributed by atoms with Crippen molar-refractivity contribution in [3.63, 3.8) is 0 Å². The van der Waals surface area contributed by atoms with Crippen LogP contribution >= 0.6 is 15.9 Å². The van der Waals surface area contributed by atoms with E-state index in [9.17, 15) is 4.39 Å². The summed E-state index contributed by atoms with van der Waals surface area (Å²) in [6.45, 7) is 1.96. The van der Waals surface area contributed by atoms with Gasteiger partial charge in [0.2, 0.25) is 0 Å². The van der Waals surface area contributed by atoms with E-state index in [1.165, 1.54) is 0 Å². The van der Waals surface area contributed by atoms with Gasteiger partial charge >= 0.3 is 0 Å². The lowest BCUT2D eigenvalue weighted by molar-refractivity contribution is 0.583. The van der Waals surface area contributed by atoms with Crippen LogP contribution in [0.15, 0.2) is 10.7 Å². The van der Waals surface area contributed by atoms with Gasteiger partial charge in [0.05, 0.1) is 5.69 Å². The Morgan fingerprint density at radius 2 is 2.31 bits per heavy atom. The van der Waals surface area contributed by atoms with Crippen LogP contribution in [-0.4, -0.2) is 4.98 Å². The molecule has 0 atom stereocenters. The summed E-state index contributed by atoms with van der Waals surface area (Å²) in [7, 11) is 0. The van der Waals surface area contributed by atoms with Crippen molar-refractivity contribution in [1.29, 1.82) is 0 Å². The zero-order valence-corrected chi connectivity index (χ0v) is 9.07. The Hall–Kier alpha value is -0.440. The second-order valence-corrected chi connectivity index (χ2v) is 4.27. The van der Waals surface area contributed by atoms with Crippen LogP contribution in [0.4, 0.5) is 4.39 Å². The quantitative estimate of drug-likeness (QED) is 0.776. The highest BCUT2D eigenvalue weighted by Gasteiger charge is 2.29. The van der Waals surface area contributed by atoms with E-state index in [0.29, 0.717) is 18.0 Å². The molecule has 1 heterocycles. The van der Waals surface area contributed by atoms with Crippen molar-refractivity contribution in [2.24, 2.45) is 0 Å². The minimum atomic E-state index is -0.0978. The molecule has 3 heteroatoms. The summed E-state index contributed by atoms with van der Waals surface area (Å²) in [5.41, 5.74) is 1.43. The van der Waals surface area contributed by atoms with Gasteiger partial charge in [-0.15, -0.1) is 0 Å². The van der Waals surface area contributed by atoms with Gasteiger partial charge in [-0.2, -0.15) is 0 Å². The van der Waals surface area contributed by atoms with Crippen LogP contribution < -0.4 is 0 Å². The summed E-state index contributed by atoms with van der Waals surface area (Å²) in [5.74, 6) is 0.290. The zero-order chi connectivity index (χ0) is 9.42. The van der Waals surface area contributed by atoms with E-state index in [0.717, 1.165) is 22.9 Å². The fraction of sp³-hybridized carbons (Fsp3) is 0.500. The predicted molar refractivity (Wildman–Crippen MR) is 53.2 cm³/mol. The zero-order valence-electron chi connectivity index (χ0n) is 7.48. The maximum Gasteiger partial charge on any atom is 0.149 e. The van der Waals surface area contributed by atoms with Crippen molar-refractivity contribution in [2.45, 2.75) is 32.1 Å². The van der Waals surface area contributed by atoms with Gasteiger partial charge in [0.25, 0.3) is 0 Å². The second kappa shape index (κ2) is 3.37. The van der Waals surface area contributed by atoms with Gasteiger partial charge in [0, 0.05) is 22.2 Å². The first-order chi connectivity index (χ1) is 6.24. The van der Waals surface area contributed by atoms with Gasteiger partial charge in [-0.05, 0) is 35.2 Å². The minimum Gasteiger partial charge on any atom is -0.257 e. The summed E-state index contributed by atoms with van der Waals surface area (Å²) < 4.78 is 14.5. The normalized spacial score (nSPS) is 16.2. The van der Waals surface area contributed by atoms with Crippen LogP contribution in [0, 0.1) is 5.82 Å². The molecule has 70 valence electrons. The Kier molecular flexibility index (Phi) is 2.37. The molecule has 2 rings (SSSR count). The van der Waals surface area contributed by atoms with Crippen molar-refractivity contribution in [3.8, 4) is 0 Å². The summed E-state index contributed by atoms with van der Waals surface area (Å²) in [6, 6.07) is 0. The van der Waals surface area contributed by atoms with Crippen LogP contribution in [-0.2, 0) is 6.42 Å². The van der Waals surface area contributed by atoms with Crippen LogP contribution in [0.25, 0.3) is 0 Å². The summed E-state index contributed by atoms with van der Waals surface area (Å²) in [6.07, 6.45) is 4.62. The number of rotatable bonds is 2. The molecule has 0 bridgehead atoms. The van der Waals surface area contributed by atoms with Crippen molar-refractivity contribution in [3.05, 3.63) is 27.7 Å². The molecule has 0 saturated heterocycles. The molecule has 13 heavy (non-hydrogen) atoms. The molecule has 1 aromatic heterocycles. The summed E-state index contributed by atoms with van der Waals surface area (Å²) in [5, 5.41) is 0. The van der Waals surface area contributed by atoms with Crippen LogP contribution in [0.1, 0.15) is 36.9 Å². The van der Waals surface area contributed by atoms with Crippen LogP contribution in [0.2, 0.25) is 0 Å². The molecule has 0 amide bonds. The van der Waals surface area contributed by atoms with Gasteiger partial charge in [-0.25, -0.2) is 4.39 Å². The van der Waals surface area contributed by atoms with Gasteiger partial charge in [-0.1, -0.05) is 6.92 Å². The number of hydrogen-bond acceptors (Lipinski definition) is 1.